The first kappa shape index (κ1) is 30.1. The van der Waals surface area contributed by atoms with Crippen LogP contribution in [0.15, 0.2) is 42.5 Å². The molecule has 3 rings (SSSR count). The minimum absolute atomic E-state index is 0.0506. The van der Waals surface area contributed by atoms with Crippen LogP contribution in [0.1, 0.15) is 69.8 Å². The standard InChI is InChI=1S/C31H49N5O2/c32-17-9-20-33-18-6-7-19-34-21-10-22-35-31(38)29(23-25-11-2-1-3-12-25)36-30(37)24-27-15-8-14-26-13-4-5-16-28(26)27/h4-5,8,13-16,25,29,33-34H,1-3,6-7,9-12,17-24,32H2,(H,35,38)(H,36,37)/t29-/m0/s1. The molecule has 0 aromatic heterocycles. The highest BCUT2D eigenvalue weighted by molar-refractivity contribution is 5.92. The first-order valence-corrected chi connectivity index (χ1v) is 14.8. The lowest BCUT2D eigenvalue weighted by molar-refractivity contribution is -0.129. The van der Waals surface area contributed by atoms with Crippen molar-refractivity contribution in [2.75, 3.05) is 39.3 Å². The second-order valence-corrected chi connectivity index (χ2v) is 10.7. The lowest BCUT2D eigenvalue weighted by Crippen LogP contribution is -2.48. The van der Waals surface area contributed by atoms with E-state index in [0.717, 1.165) is 94.0 Å². The van der Waals surface area contributed by atoms with Crippen LogP contribution in [0.4, 0.5) is 0 Å². The second-order valence-electron chi connectivity index (χ2n) is 10.7. The number of nitrogens with one attached hydrogen (secondary N) is 4. The molecule has 7 heteroatoms. The highest BCUT2D eigenvalue weighted by Crippen LogP contribution is 2.27. The molecule has 0 radical (unpaired) electrons. The molecule has 6 N–H and O–H groups in total. The molecule has 38 heavy (non-hydrogen) atoms. The van der Waals surface area contributed by atoms with Crippen molar-refractivity contribution in [2.24, 2.45) is 11.7 Å². The van der Waals surface area contributed by atoms with E-state index in [2.05, 4.69) is 39.5 Å². The normalized spacial score (nSPS) is 14.9. The second kappa shape index (κ2) is 17.9. The SMILES string of the molecule is NCCCNCCCCNCCCNC(=O)[C@H](CC1CCCCC1)NC(=O)Cc1cccc2ccccc12. The molecule has 0 aliphatic heterocycles. The molecule has 7 nitrogen and oxygen atoms in total. The summed E-state index contributed by atoms with van der Waals surface area (Å²) >= 11 is 0. The molecule has 2 aromatic rings. The maximum atomic E-state index is 13.1. The summed E-state index contributed by atoms with van der Waals surface area (Å²) in [6.45, 7) is 5.25. The summed E-state index contributed by atoms with van der Waals surface area (Å²) in [7, 11) is 0. The van der Waals surface area contributed by atoms with Crippen LogP contribution < -0.4 is 27.0 Å². The van der Waals surface area contributed by atoms with Gasteiger partial charge in [-0.25, -0.2) is 0 Å². The van der Waals surface area contributed by atoms with Crippen LogP contribution >= 0.6 is 0 Å². The molecule has 1 atom stereocenters. The number of carbonyl (C=O) groups is 2. The van der Waals surface area contributed by atoms with Crippen molar-refractivity contribution in [1.82, 2.24) is 21.3 Å². The summed E-state index contributed by atoms with van der Waals surface area (Å²) in [6, 6.07) is 13.7. The maximum Gasteiger partial charge on any atom is 0.242 e. The molecule has 210 valence electrons. The Morgan fingerprint density at radius 3 is 2.26 bits per heavy atom. The molecular formula is C31H49N5O2. The van der Waals surface area contributed by atoms with E-state index in [0.29, 0.717) is 12.5 Å². The summed E-state index contributed by atoms with van der Waals surface area (Å²) < 4.78 is 0. The fraction of sp³-hybridized carbons (Fsp3) is 0.613. The molecule has 1 aliphatic carbocycles. The Labute approximate surface area is 229 Å². The van der Waals surface area contributed by atoms with Gasteiger partial charge in [-0.3, -0.25) is 9.59 Å². The zero-order chi connectivity index (χ0) is 26.8. The van der Waals surface area contributed by atoms with Crippen LogP contribution in [0.25, 0.3) is 10.8 Å². The fourth-order valence-electron chi connectivity index (χ4n) is 5.38. The van der Waals surface area contributed by atoms with Gasteiger partial charge in [0.2, 0.25) is 11.8 Å². The van der Waals surface area contributed by atoms with Crippen molar-refractivity contribution in [3.8, 4) is 0 Å². The van der Waals surface area contributed by atoms with Crippen molar-refractivity contribution in [3.05, 3.63) is 48.0 Å². The maximum absolute atomic E-state index is 13.1. The number of benzene rings is 2. The molecule has 0 bridgehead atoms. The van der Waals surface area contributed by atoms with E-state index in [1.807, 2.05) is 24.3 Å². The summed E-state index contributed by atoms with van der Waals surface area (Å²) in [5, 5.41) is 15.3. The molecule has 1 saturated carbocycles. The Morgan fingerprint density at radius 2 is 1.50 bits per heavy atom. The molecule has 1 aliphatic rings. The van der Waals surface area contributed by atoms with Gasteiger partial charge in [0.1, 0.15) is 6.04 Å². The molecule has 0 saturated heterocycles. The van der Waals surface area contributed by atoms with Crippen molar-refractivity contribution >= 4 is 22.6 Å². The monoisotopic (exact) mass is 523 g/mol. The van der Waals surface area contributed by atoms with E-state index >= 15 is 0 Å². The van der Waals surface area contributed by atoms with E-state index in [-0.39, 0.29) is 18.2 Å². The molecule has 0 heterocycles. The number of hydrogen-bond donors (Lipinski definition) is 5. The van der Waals surface area contributed by atoms with Crippen molar-refractivity contribution in [3.63, 3.8) is 0 Å². The molecule has 0 unspecified atom stereocenters. The minimum atomic E-state index is -0.472. The smallest absolute Gasteiger partial charge is 0.242 e. The average Bonchev–Trinajstić information content (AvgIpc) is 2.94. The van der Waals surface area contributed by atoms with Crippen molar-refractivity contribution in [1.29, 1.82) is 0 Å². The molecular weight excluding hydrogens is 474 g/mol. The van der Waals surface area contributed by atoms with Gasteiger partial charge >= 0.3 is 0 Å². The average molecular weight is 524 g/mol. The lowest BCUT2D eigenvalue weighted by Gasteiger charge is -2.26. The van der Waals surface area contributed by atoms with E-state index in [1.54, 1.807) is 0 Å². The zero-order valence-electron chi connectivity index (χ0n) is 23.1. The number of unbranched alkanes of at least 4 members (excludes halogenated alkanes) is 1. The lowest BCUT2D eigenvalue weighted by atomic mass is 9.84. The number of carbonyl (C=O) groups excluding carboxylic acids is 2. The van der Waals surface area contributed by atoms with E-state index in [9.17, 15) is 9.59 Å². The van der Waals surface area contributed by atoms with Crippen LogP contribution in [0, 0.1) is 5.92 Å². The molecule has 2 amide bonds. The van der Waals surface area contributed by atoms with Gasteiger partial charge in [-0.15, -0.1) is 0 Å². The Hall–Kier alpha value is -2.48. The summed E-state index contributed by atoms with van der Waals surface area (Å²) in [5.74, 6) is 0.366. The first-order valence-electron chi connectivity index (χ1n) is 14.8. The van der Waals surface area contributed by atoms with Crippen LogP contribution in [0.2, 0.25) is 0 Å². The van der Waals surface area contributed by atoms with E-state index in [1.165, 1.54) is 19.3 Å². The van der Waals surface area contributed by atoms with Gasteiger partial charge in [0.25, 0.3) is 0 Å². The Kier molecular flexibility index (Phi) is 14.2. The fourth-order valence-corrected chi connectivity index (χ4v) is 5.38. The first-order chi connectivity index (χ1) is 18.7. The van der Waals surface area contributed by atoms with Gasteiger partial charge < -0.3 is 27.0 Å². The third-order valence-corrected chi connectivity index (χ3v) is 7.52. The Bertz CT molecular complexity index is 955. The summed E-state index contributed by atoms with van der Waals surface area (Å²) in [4.78, 5) is 26.2. The number of fused-ring (bicyclic) bond motifs is 1. The van der Waals surface area contributed by atoms with E-state index in [4.69, 9.17) is 5.73 Å². The van der Waals surface area contributed by atoms with Gasteiger partial charge in [-0.2, -0.15) is 0 Å². The van der Waals surface area contributed by atoms with Gasteiger partial charge in [-0.1, -0.05) is 74.6 Å². The zero-order valence-corrected chi connectivity index (χ0v) is 23.1. The van der Waals surface area contributed by atoms with E-state index < -0.39 is 6.04 Å². The van der Waals surface area contributed by atoms with Crippen LogP contribution in [0.3, 0.4) is 0 Å². The van der Waals surface area contributed by atoms with Gasteiger partial charge in [0, 0.05) is 6.54 Å². The van der Waals surface area contributed by atoms with Gasteiger partial charge in [-0.05, 0) is 87.1 Å². The van der Waals surface area contributed by atoms with Crippen LogP contribution in [-0.2, 0) is 16.0 Å². The predicted molar refractivity (Wildman–Crippen MR) is 157 cm³/mol. The Balaban J connectivity index is 1.41. The molecule has 1 fully saturated rings. The third kappa shape index (κ3) is 11.1. The van der Waals surface area contributed by atoms with Crippen molar-refractivity contribution in [2.45, 2.75) is 76.7 Å². The minimum Gasteiger partial charge on any atom is -0.354 e. The highest BCUT2D eigenvalue weighted by atomic mass is 16.2. The Morgan fingerprint density at radius 1 is 0.816 bits per heavy atom. The molecule has 2 aromatic carbocycles. The topological polar surface area (TPSA) is 108 Å². The van der Waals surface area contributed by atoms with Crippen molar-refractivity contribution < 1.29 is 9.59 Å². The number of amides is 2. The van der Waals surface area contributed by atoms with Crippen LogP contribution in [0.5, 0.6) is 0 Å². The summed E-state index contributed by atoms with van der Waals surface area (Å²) in [6.07, 6.45) is 11.2. The summed E-state index contributed by atoms with van der Waals surface area (Å²) in [5.41, 5.74) is 6.49. The molecule has 0 spiro atoms. The van der Waals surface area contributed by atoms with Gasteiger partial charge in [0.05, 0.1) is 6.42 Å². The number of rotatable bonds is 18. The largest absolute Gasteiger partial charge is 0.354 e. The van der Waals surface area contributed by atoms with Gasteiger partial charge in [0.15, 0.2) is 0 Å². The predicted octanol–water partition coefficient (Wildman–Crippen LogP) is 3.65. The number of hydrogen-bond acceptors (Lipinski definition) is 5. The number of nitrogens with two attached hydrogens (primary N) is 1. The quantitative estimate of drug-likeness (QED) is 0.192. The van der Waals surface area contributed by atoms with Crippen LogP contribution in [-0.4, -0.2) is 57.1 Å². The third-order valence-electron chi connectivity index (χ3n) is 7.52. The highest BCUT2D eigenvalue weighted by Gasteiger charge is 2.26.